The second kappa shape index (κ2) is 7.65. The first-order valence-electron chi connectivity index (χ1n) is 8.25. The van der Waals surface area contributed by atoms with Crippen LogP contribution in [0.25, 0.3) is 5.82 Å². The van der Waals surface area contributed by atoms with Gasteiger partial charge in [-0.15, -0.1) is 0 Å². The Bertz CT molecular complexity index is 806. The minimum atomic E-state index is -0.229. The number of urea groups is 1. The molecule has 0 aliphatic carbocycles. The number of nitrogens with zero attached hydrogens (tertiary/aromatic N) is 4. The molecule has 0 radical (unpaired) electrons. The monoisotopic (exact) mass is 338 g/mol. The molecule has 3 rings (SSSR count). The van der Waals surface area contributed by atoms with Gasteiger partial charge in [0.1, 0.15) is 0 Å². The maximum atomic E-state index is 12.1. The summed E-state index contributed by atoms with van der Waals surface area (Å²) in [5.41, 5.74) is 1.90. The first-order valence-corrected chi connectivity index (χ1v) is 8.25. The van der Waals surface area contributed by atoms with Crippen molar-refractivity contribution in [1.29, 1.82) is 0 Å². The van der Waals surface area contributed by atoms with Gasteiger partial charge in [0.2, 0.25) is 0 Å². The normalized spacial score (nSPS) is 11.9. The van der Waals surface area contributed by atoms with E-state index in [4.69, 9.17) is 0 Å². The van der Waals surface area contributed by atoms with Crippen molar-refractivity contribution in [3.63, 3.8) is 0 Å². The minimum absolute atomic E-state index is 0.0752. The third kappa shape index (κ3) is 4.47. The van der Waals surface area contributed by atoms with Gasteiger partial charge in [-0.1, -0.05) is 0 Å². The Morgan fingerprint density at radius 3 is 2.76 bits per heavy atom. The number of aromatic nitrogens is 4. The lowest BCUT2D eigenvalue weighted by molar-refractivity contribution is 0.248. The van der Waals surface area contributed by atoms with Gasteiger partial charge in [0.15, 0.2) is 5.82 Å². The van der Waals surface area contributed by atoms with Gasteiger partial charge in [0, 0.05) is 37.4 Å². The van der Waals surface area contributed by atoms with Gasteiger partial charge in [-0.05, 0) is 50.1 Å². The summed E-state index contributed by atoms with van der Waals surface area (Å²) in [5, 5.41) is 9.87. The molecule has 25 heavy (non-hydrogen) atoms. The number of anilines is 1. The number of nitrogens with one attached hydrogen (secondary N) is 2. The molecule has 0 saturated carbocycles. The Labute approximate surface area is 146 Å². The average Bonchev–Trinajstić information content (AvgIpc) is 3.25. The van der Waals surface area contributed by atoms with E-state index in [1.54, 1.807) is 29.2 Å². The first-order chi connectivity index (χ1) is 12.1. The Morgan fingerprint density at radius 2 is 2.12 bits per heavy atom. The van der Waals surface area contributed by atoms with Crippen molar-refractivity contribution in [2.75, 3.05) is 5.32 Å². The molecule has 0 spiro atoms. The number of pyridine rings is 1. The molecule has 0 aliphatic rings. The molecular weight excluding hydrogens is 316 g/mol. The largest absolute Gasteiger partial charge is 0.354 e. The van der Waals surface area contributed by atoms with Crippen molar-refractivity contribution >= 4 is 11.7 Å². The van der Waals surface area contributed by atoms with Crippen molar-refractivity contribution in [3.8, 4) is 5.82 Å². The SMILES string of the molecule is C[C@H](CCc1cccn1C)NC(=O)Nc1ccc(-n2cccn2)nc1. The van der Waals surface area contributed by atoms with Gasteiger partial charge in [0.05, 0.1) is 11.9 Å². The lowest BCUT2D eigenvalue weighted by atomic mass is 10.1. The molecule has 7 heteroatoms. The molecule has 1 atom stereocenters. The number of hydrogen-bond acceptors (Lipinski definition) is 3. The fourth-order valence-corrected chi connectivity index (χ4v) is 2.58. The molecule has 130 valence electrons. The summed E-state index contributed by atoms with van der Waals surface area (Å²) in [6, 6.07) is 9.41. The van der Waals surface area contributed by atoms with E-state index in [-0.39, 0.29) is 12.1 Å². The molecule has 2 amide bonds. The number of carbonyl (C=O) groups is 1. The zero-order valence-corrected chi connectivity index (χ0v) is 14.4. The van der Waals surface area contributed by atoms with Gasteiger partial charge < -0.3 is 15.2 Å². The molecule has 0 saturated heterocycles. The number of rotatable bonds is 6. The van der Waals surface area contributed by atoms with Gasteiger partial charge in [-0.2, -0.15) is 5.10 Å². The van der Waals surface area contributed by atoms with Crippen LogP contribution in [0, 0.1) is 0 Å². The third-order valence-electron chi connectivity index (χ3n) is 4.01. The standard InChI is InChI=1S/C18H22N6O/c1-14(6-8-16-5-3-11-23(16)2)21-18(25)22-15-7-9-17(19-13-15)24-12-4-10-20-24/h3-5,7,9-14H,6,8H2,1-2H3,(H2,21,22,25)/t14-/m1/s1. The summed E-state index contributed by atoms with van der Waals surface area (Å²) in [6.07, 6.45) is 8.95. The van der Waals surface area contributed by atoms with Crippen LogP contribution in [-0.4, -0.2) is 31.4 Å². The summed E-state index contributed by atoms with van der Waals surface area (Å²) in [4.78, 5) is 16.4. The predicted octanol–water partition coefficient (Wildman–Crippen LogP) is 2.75. The average molecular weight is 338 g/mol. The molecule has 3 heterocycles. The molecule has 0 unspecified atom stereocenters. The van der Waals surface area contributed by atoms with E-state index in [2.05, 4.69) is 31.3 Å². The second-order valence-electron chi connectivity index (χ2n) is 6.00. The van der Waals surface area contributed by atoms with E-state index in [0.29, 0.717) is 11.5 Å². The van der Waals surface area contributed by atoms with Crippen LogP contribution in [0.5, 0.6) is 0 Å². The summed E-state index contributed by atoms with van der Waals surface area (Å²) >= 11 is 0. The van der Waals surface area contributed by atoms with Gasteiger partial charge in [0.25, 0.3) is 0 Å². The molecule has 7 nitrogen and oxygen atoms in total. The maximum Gasteiger partial charge on any atom is 0.319 e. The molecule has 0 fully saturated rings. The van der Waals surface area contributed by atoms with E-state index in [9.17, 15) is 4.79 Å². The van der Waals surface area contributed by atoms with Crippen molar-refractivity contribution in [2.24, 2.45) is 7.05 Å². The van der Waals surface area contributed by atoms with Gasteiger partial charge in [-0.25, -0.2) is 14.5 Å². The fourth-order valence-electron chi connectivity index (χ4n) is 2.58. The fraction of sp³-hybridized carbons (Fsp3) is 0.278. The van der Waals surface area contributed by atoms with E-state index in [0.717, 1.165) is 12.8 Å². The summed E-state index contributed by atoms with van der Waals surface area (Å²) < 4.78 is 3.76. The Kier molecular flexibility index (Phi) is 5.13. The summed E-state index contributed by atoms with van der Waals surface area (Å²) in [7, 11) is 2.03. The van der Waals surface area contributed by atoms with Crippen molar-refractivity contribution in [3.05, 3.63) is 60.8 Å². The number of aryl methyl sites for hydroxylation is 2. The highest BCUT2D eigenvalue weighted by Crippen LogP contribution is 2.09. The number of amides is 2. The van der Waals surface area contributed by atoms with Crippen molar-refractivity contribution < 1.29 is 4.79 Å². The smallest absolute Gasteiger partial charge is 0.319 e. The summed E-state index contributed by atoms with van der Waals surface area (Å²) in [5.74, 6) is 0.701. The zero-order chi connectivity index (χ0) is 17.6. The number of hydrogen-bond donors (Lipinski definition) is 2. The van der Waals surface area contributed by atoms with Crippen LogP contribution >= 0.6 is 0 Å². The van der Waals surface area contributed by atoms with Crippen molar-refractivity contribution in [2.45, 2.75) is 25.8 Å². The Hall–Kier alpha value is -3.09. The van der Waals surface area contributed by atoms with Crippen LogP contribution in [-0.2, 0) is 13.5 Å². The van der Waals surface area contributed by atoms with Crippen LogP contribution in [0.3, 0.4) is 0 Å². The lowest BCUT2D eigenvalue weighted by Crippen LogP contribution is -2.36. The van der Waals surface area contributed by atoms with E-state index in [1.165, 1.54) is 5.69 Å². The van der Waals surface area contributed by atoms with E-state index >= 15 is 0 Å². The first kappa shape index (κ1) is 16.8. The maximum absolute atomic E-state index is 12.1. The van der Waals surface area contributed by atoms with Crippen LogP contribution in [0.4, 0.5) is 10.5 Å². The lowest BCUT2D eigenvalue weighted by Gasteiger charge is -2.15. The van der Waals surface area contributed by atoms with Gasteiger partial charge >= 0.3 is 6.03 Å². The van der Waals surface area contributed by atoms with E-state index in [1.807, 2.05) is 38.5 Å². The second-order valence-corrected chi connectivity index (χ2v) is 6.00. The quantitative estimate of drug-likeness (QED) is 0.725. The Balaban J connectivity index is 1.47. The predicted molar refractivity (Wildman–Crippen MR) is 96.7 cm³/mol. The topological polar surface area (TPSA) is 76.8 Å². The molecule has 3 aromatic heterocycles. The van der Waals surface area contributed by atoms with Crippen LogP contribution in [0.2, 0.25) is 0 Å². The molecule has 0 aromatic carbocycles. The zero-order valence-electron chi connectivity index (χ0n) is 14.4. The highest BCUT2D eigenvalue weighted by Gasteiger charge is 2.09. The van der Waals surface area contributed by atoms with Gasteiger partial charge in [-0.3, -0.25) is 0 Å². The molecule has 2 N–H and O–H groups in total. The summed E-state index contributed by atoms with van der Waals surface area (Å²) in [6.45, 7) is 2.00. The highest BCUT2D eigenvalue weighted by molar-refractivity contribution is 5.89. The molecule has 3 aromatic rings. The molecule has 0 aliphatic heterocycles. The highest BCUT2D eigenvalue weighted by atomic mass is 16.2. The number of carbonyl (C=O) groups excluding carboxylic acids is 1. The van der Waals surface area contributed by atoms with E-state index < -0.39 is 0 Å². The Morgan fingerprint density at radius 1 is 1.24 bits per heavy atom. The van der Waals surface area contributed by atoms with Crippen LogP contribution in [0.1, 0.15) is 19.0 Å². The van der Waals surface area contributed by atoms with Crippen LogP contribution in [0.15, 0.2) is 55.1 Å². The minimum Gasteiger partial charge on any atom is -0.354 e. The molecular formula is C18H22N6O. The molecule has 0 bridgehead atoms. The van der Waals surface area contributed by atoms with Crippen LogP contribution < -0.4 is 10.6 Å². The van der Waals surface area contributed by atoms with Crippen molar-refractivity contribution in [1.82, 2.24) is 24.6 Å². The third-order valence-corrected chi connectivity index (χ3v) is 4.01.